The molecule has 5 atom stereocenters. The first-order valence-electron chi connectivity index (χ1n) is 11.4. The summed E-state index contributed by atoms with van der Waals surface area (Å²) in [6.45, 7) is 2.09. The van der Waals surface area contributed by atoms with Gasteiger partial charge in [0.2, 0.25) is 5.91 Å². The zero-order chi connectivity index (χ0) is 25.7. The van der Waals surface area contributed by atoms with Crippen LogP contribution in [0.25, 0.3) is 0 Å². The van der Waals surface area contributed by atoms with Crippen molar-refractivity contribution in [2.24, 2.45) is 29.4 Å². The van der Waals surface area contributed by atoms with Gasteiger partial charge in [-0.3, -0.25) is 24.0 Å². The van der Waals surface area contributed by atoms with E-state index in [2.05, 4.69) is 5.32 Å². The molecule has 4 rings (SSSR count). The number of alkyl carbamates (subject to hydrolysis) is 1. The van der Waals surface area contributed by atoms with Crippen molar-refractivity contribution < 1.29 is 43.7 Å². The number of phenols is 1. The number of aliphatic hydroxyl groups is 1. The molecule has 3 aliphatic rings. The van der Waals surface area contributed by atoms with Crippen LogP contribution in [-0.2, 0) is 36.9 Å². The Morgan fingerprint density at radius 2 is 1.89 bits per heavy atom. The van der Waals surface area contributed by atoms with Crippen LogP contribution in [0.3, 0.4) is 0 Å². The third-order valence-electron chi connectivity index (χ3n) is 7.24. The smallest absolute Gasteiger partial charge is 0.407 e. The van der Waals surface area contributed by atoms with Crippen LogP contribution in [0.15, 0.2) is 12.1 Å². The van der Waals surface area contributed by atoms with Crippen LogP contribution in [0, 0.1) is 23.7 Å². The average molecular weight is 486 g/mol. The number of hydrogen-bond donors (Lipinski definition) is 4. The quantitative estimate of drug-likeness (QED) is 0.414. The molecule has 1 aromatic rings. The van der Waals surface area contributed by atoms with Gasteiger partial charge < -0.3 is 26.0 Å². The van der Waals surface area contributed by atoms with Crippen LogP contribution in [0.5, 0.6) is 5.75 Å². The van der Waals surface area contributed by atoms with E-state index >= 15 is 0 Å². The van der Waals surface area contributed by atoms with Gasteiger partial charge in [0.15, 0.2) is 34.7 Å². The van der Waals surface area contributed by atoms with E-state index in [9.17, 15) is 39.0 Å². The van der Waals surface area contributed by atoms with Gasteiger partial charge in [0.05, 0.1) is 18.1 Å². The maximum Gasteiger partial charge on any atom is 0.407 e. The fourth-order valence-corrected chi connectivity index (χ4v) is 5.61. The maximum atomic E-state index is 13.4. The largest absolute Gasteiger partial charge is 0.507 e. The number of ether oxygens (including phenoxy) is 1. The van der Waals surface area contributed by atoms with Crippen LogP contribution in [0.4, 0.5) is 4.79 Å². The van der Waals surface area contributed by atoms with Gasteiger partial charge in [-0.1, -0.05) is 13.0 Å². The Labute approximate surface area is 200 Å². The number of primary amides is 1. The van der Waals surface area contributed by atoms with E-state index in [4.69, 9.17) is 10.5 Å². The zero-order valence-electron chi connectivity index (χ0n) is 19.0. The summed E-state index contributed by atoms with van der Waals surface area (Å²) in [6, 6.07) is 2.82. The monoisotopic (exact) mass is 486 g/mol. The Morgan fingerprint density at radius 3 is 2.54 bits per heavy atom. The van der Waals surface area contributed by atoms with Gasteiger partial charge in [-0.25, -0.2) is 4.79 Å². The second-order valence-corrected chi connectivity index (χ2v) is 9.33. The minimum atomic E-state index is -2.68. The van der Waals surface area contributed by atoms with E-state index in [1.54, 1.807) is 6.07 Å². The summed E-state index contributed by atoms with van der Waals surface area (Å²) >= 11 is 0. The molecule has 3 aliphatic carbocycles. The van der Waals surface area contributed by atoms with Crippen LogP contribution in [-0.4, -0.2) is 57.6 Å². The predicted octanol–water partition coefficient (Wildman–Crippen LogP) is -0.0369. The van der Waals surface area contributed by atoms with Gasteiger partial charge in [-0.05, 0) is 42.4 Å². The average Bonchev–Trinajstić information content (AvgIpc) is 2.79. The lowest BCUT2D eigenvalue weighted by Crippen LogP contribution is -2.68. The number of rotatable bonds is 5. The van der Waals surface area contributed by atoms with Crippen molar-refractivity contribution in [2.45, 2.75) is 44.8 Å². The number of ketones is 4. The molecule has 2 fully saturated rings. The Bertz CT molecular complexity index is 1160. The lowest BCUT2D eigenvalue weighted by Gasteiger charge is -2.48. The molecule has 35 heavy (non-hydrogen) atoms. The summed E-state index contributed by atoms with van der Waals surface area (Å²) in [5, 5.41) is 24.2. The molecule has 0 radical (unpaired) electrons. The van der Waals surface area contributed by atoms with Gasteiger partial charge >= 0.3 is 6.09 Å². The van der Waals surface area contributed by atoms with Crippen LogP contribution >= 0.6 is 0 Å². The minimum Gasteiger partial charge on any atom is -0.507 e. The van der Waals surface area contributed by atoms with Gasteiger partial charge in [0.25, 0.3) is 0 Å². The molecular formula is C24H26N2O9. The summed E-state index contributed by atoms with van der Waals surface area (Å²) in [4.78, 5) is 75.7. The highest BCUT2D eigenvalue weighted by molar-refractivity contribution is 6.31. The first-order valence-corrected chi connectivity index (χ1v) is 11.4. The molecule has 5 N–H and O–H groups in total. The normalized spacial score (nSPS) is 29.7. The fourth-order valence-electron chi connectivity index (χ4n) is 5.61. The van der Waals surface area contributed by atoms with Crippen molar-refractivity contribution in [3.8, 4) is 5.75 Å². The summed E-state index contributed by atoms with van der Waals surface area (Å²) in [5.74, 6) is -10.6. The third-order valence-corrected chi connectivity index (χ3v) is 7.24. The molecule has 2 saturated carbocycles. The SMILES string of the molecule is CCCOC(=O)NCc1ccc(O)c2c1C[C@H]1C[C@H]3CC(=O)C(C(N)=O)C(=O)[C@@]3(O)C(=O)C1C2=O. The minimum absolute atomic E-state index is 0.00210. The molecule has 0 aliphatic heterocycles. The van der Waals surface area contributed by atoms with E-state index in [-0.39, 0.29) is 37.3 Å². The number of amides is 2. The number of nitrogens with two attached hydrogens (primary N) is 1. The Balaban J connectivity index is 1.68. The topological polar surface area (TPSA) is 190 Å². The number of Topliss-reactive ketones (excluding diaryl/α,β-unsaturated/α-hetero) is 4. The summed E-state index contributed by atoms with van der Waals surface area (Å²) < 4.78 is 4.98. The molecule has 11 nitrogen and oxygen atoms in total. The Hall–Kier alpha value is -3.60. The highest BCUT2D eigenvalue weighted by Gasteiger charge is 2.66. The molecule has 2 unspecified atom stereocenters. The Morgan fingerprint density at radius 1 is 1.17 bits per heavy atom. The first kappa shape index (κ1) is 24.5. The van der Waals surface area contributed by atoms with Gasteiger partial charge in [0.1, 0.15) is 5.75 Å². The van der Waals surface area contributed by atoms with E-state index in [1.807, 2.05) is 6.92 Å². The standard InChI is InChI=1S/C24H26N2O9/c1-2-5-35-23(33)26-9-10-3-4-14(27)17-13(10)7-11-6-12-8-15(28)18(22(25)32)21(31)24(12,34)20(30)16(11)19(17)29/h3-4,11-12,16,18,27,34H,2,5-9H2,1H3,(H2,25,32)(H,26,33)/t11-,12+,16?,18?,24+/m1/s1. The fraction of sp³-hybridized carbons (Fsp3) is 0.500. The number of aromatic hydroxyl groups is 1. The van der Waals surface area contributed by atoms with Gasteiger partial charge in [-0.15, -0.1) is 0 Å². The van der Waals surface area contributed by atoms with Crippen molar-refractivity contribution in [3.63, 3.8) is 0 Å². The molecule has 1 aromatic carbocycles. The van der Waals surface area contributed by atoms with E-state index in [1.165, 1.54) is 6.07 Å². The number of phenolic OH excluding ortho intramolecular Hbond substituents is 1. The van der Waals surface area contributed by atoms with Crippen molar-refractivity contribution in [1.82, 2.24) is 5.32 Å². The van der Waals surface area contributed by atoms with Crippen LogP contribution in [0.1, 0.15) is 47.7 Å². The summed E-state index contributed by atoms with van der Waals surface area (Å²) in [7, 11) is 0. The predicted molar refractivity (Wildman–Crippen MR) is 117 cm³/mol. The molecular weight excluding hydrogens is 460 g/mol. The highest BCUT2D eigenvalue weighted by Crippen LogP contribution is 2.50. The van der Waals surface area contributed by atoms with Crippen molar-refractivity contribution in [2.75, 3.05) is 6.61 Å². The van der Waals surface area contributed by atoms with Crippen LogP contribution < -0.4 is 11.1 Å². The Kier molecular flexibility index (Phi) is 6.22. The van der Waals surface area contributed by atoms with E-state index in [0.717, 1.165) is 0 Å². The zero-order valence-corrected chi connectivity index (χ0v) is 19.0. The third kappa shape index (κ3) is 3.79. The number of fused-ring (bicyclic) bond motifs is 3. The summed E-state index contributed by atoms with van der Waals surface area (Å²) in [6.07, 6.45) is -0.256. The number of carbonyl (C=O) groups is 6. The highest BCUT2D eigenvalue weighted by atomic mass is 16.5. The number of carbonyl (C=O) groups excluding carboxylic acids is 6. The van der Waals surface area contributed by atoms with Crippen LogP contribution in [0.2, 0.25) is 0 Å². The second kappa shape index (κ2) is 8.88. The molecule has 0 aromatic heterocycles. The van der Waals surface area contributed by atoms with Gasteiger partial charge in [-0.2, -0.15) is 0 Å². The van der Waals surface area contributed by atoms with Crippen molar-refractivity contribution in [3.05, 3.63) is 28.8 Å². The lowest BCUT2D eigenvalue weighted by atomic mass is 9.53. The second-order valence-electron chi connectivity index (χ2n) is 9.33. The van der Waals surface area contributed by atoms with Crippen molar-refractivity contribution in [1.29, 1.82) is 0 Å². The molecule has 0 spiro atoms. The van der Waals surface area contributed by atoms with Gasteiger partial charge in [0, 0.05) is 18.9 Å². The molecule has 2 amide bonds. The van der Waals surface area contributed by atoms with E-state index in [0.29, 0.717) is 17.5 Å². The first-order chi connectivity index (χ1) is 16.5. The maximum absolute atomic E-state index is 13.4. The van der Waals surface area contributed by atoms with Crippen molar-refractivity contribution >= 4 is 35.1 Å². The summed E-state index contributed by atoms with van der Waals surface area (Å²) in [5.41, 5.74) is 3.35. The molecule has 0 heterocycles. The molecule has 11 heteroatoms. The lowest BCUT2D eigenvalue weighted by molar-refractivity contribution is -0.175. The molecule has 0 saturated heterocycles. The number of hydrogen-bond acceptors (Lipinski definition) is 9. The van der Waals surface area contributed by atoms with E-state index < -0.39 is 70.8 Å². The molecule has 186 valence electrons. The number of benzene rings is 1. The molecule has 0 bridgehead atoms. The number of nitrogens with one attached hydrogen (secondary N) is 1.